The van der Waals surface area contributed by atoms with Crippen molar-refractivity contribution in [1.82, 2.24) is 9.88 Å². The molecule has 0 spiro atoms. The van der Waals surface area contributed by atoms with E-state index in [0.29, 0.717) is 35.8 Å². The van der Waals surface area contributed by atoms with Crippen LogP contribution in [0, 0.1) is 11.3 Å². The molecule has 2 amide bonds. The normalized spacial score (nSPS) is 22.7. The summed E-state index contributed by atoms with van der Waals surface area (Å²) >= 11 is 0. The highest BCUT2D eigenvalue weighted by molar-refractivity contribution is 6.39. The van der Waals surface area contributed by atoms with Crippen molar-refractivity contribution in [2.24, 2.45) is 11.7 Å². The fourth-order valence-electron chi connectivity index (χ4n) is 3.84. The third-order valence-electron chi connectivity index (χ3n) is 5.55. The molecule has 0 unspecified atom stereocenters. The van der Waals surface area contributed by atoms with Gasteiger partial charge in [-0.15, -0.1) is 0 Å². The first-order valence-corrected chi connectivity index (χ1v) is 10.1. The molecule has 1 saturated heterocycles. The molecule has 2 aliphatic rings. The van der Waals surface area contributed by atoms with Gasteiger partial charge >= 0.3 is 11.8 Å². The van der Waals surface area contributed by atoms with E-state index in [1.54, 1.807) is 23.1 Å². The predicted molar refractivity (Wildman–Crippen MR) is 118 cm³/mol. The fraction of sp³-hybridized carbons (Fsp3) is 0.364. The van der Waals surface area contributed by atoms with Gasteiger partial charge < -0.3 is 27.1 Å². The molecule has 1 aromatic heterocycles. The second-order valence-electron chi connectivity index (χ2n) is 7.75. The number of nitrogens with two attached hydrogens (primary N) is 2. The van der Waals surface area contributed by atoms with Crippen LogP contribution < -0.4 is 16.8 Å². The van der Waals surface area contributed by atoms with Crippen molar-refractivity contribution in [3.63, 3.8) is 0 Å². The largest absolute Gasteiger partial charge is 0.404 e. The van der Waals surface area contributed by atoms with Crippen molar-refractivity contribution >= 4 is 29.0 Å². The second kappa shape index (κ2) is 8.94. The Morgan fingerprint density at radius 1 is 1.37 bits per heavy atom. The van der Waals surface area contributed by atoms with Crippen LogP contribution in [-0.4, -0.2) is 40.0 Å². The van der Waals surface area contributed by atoms with Crippen LogP contribution in [-0.2, 0) is 16.0 Å². The zero-order chi connectivity index (χ0) is 21.8. The number of carbonyl (C=O) groups is 2. The van der Waals surface area contributed by atoms with Crippen LogP contribution in [0.25, 0.3) is 0 Å². The molecule has 2 heterocycles. The van der Waals surface area contributed by atoms with E-state index in [-0.39, 0.29) is 12.0 Å². The number of nitrogen functional groups attached to an aromatic ring is 1. The van der Waals surface area contributed by atoms with Crippen molar-refractivity contribution in [3.8, 4) is 0 Å². The van der Waals surface area contributed by atoms with Gasteiger partial charge in [0.1, 0.15) is 5.82 Å². The number of hydrogen-bond acceptors (Lipinski definition) is 6. The van der Waals surface area contributed by atoms with E-state index < -0.39 is 11.8 Å². The lowest BCUT2D eigenvalue weighted by Crippen LogP contribution is -2.51. The number of aromatic nitrogens is 1. The van der Waals surface area contributed by atoms with Crippen LogP contribution in [0.3, 0.4) is 0 Å². The first-order chi connectivity index (χ1) is 14.3. The molecule has 158 valence electrons. The van der Waals surface area contributed by atoms with Gasteiger partial charge in [0.15, 0.2) is 0 Å². The van der Waals surface area contributed by atoms with E-state index in [4.69, 9.17) is 16.9 Å². The molecule has 0 aromatic carbocycles. The number of carbonyl (C=O) groups excluding carboxylic acids is 2. The summed E-state index contributed by atoms with van der Waals surface area (Å²) in [5, 5.41) is 10.8. The molecule has 1 aliphatic heterocycles. The van der Waals surface area contributed by atoms with Gasteiger partial charge in [-0.2, -0.15) is 0 Å². The topological polar surface area (TPSA) is 138 Å². The first-order valence-electron chi connectivity index (χ1n) is 10.1. The van der Waals surface area contributed by atoms with Crippen LogP contribution in [0.4, 0.5) is 11.5 Å². The highest BCUT2D eigenvalue weighted by Crippen LogP contribution is 2.29. The van der Waals surface area contributed by atoms with Crippen LogP contribution in [0.2, 0.25) is 0 Å². The van der Waals surface area contributed by atoms with Gasteiger partial charge in [-0.25, -0.2) is 4.98 Å². The molecule has 6 N–H and O–H groups in total. The third-order valence-corrected chi connectivity index (χ3v) is 5.55. The van der Waals surface area contributed by atoms with Crippen molar-refractivity contribution in [2.75, 3.05) is 17.6 Å². The summed E-state index contributed by atoms with van der Waals surface area (Å²) in [4.78, 5) is 31.5. The van der Waals surface area contributed by atoms with Crippen LogP contribution in [0.15, 0.2) is 47.8 Å². The number of piperidine rings is 1. The summed E-state index contributed by atoms with van der Waals surface area (Å²) in [6.07, 6.45) is 10.5. The SMILES string of the molecule is CCc1cc(NC(=O)C(=O)N2C[C@@H](C)CC[C@@H]2C2=CC(=N)/C(=C\N)C=C2)cnc1N. The smallest absolute Gasteiger partial charge is 0.313 e. The van der Waals surface area contributed by atoms with Crippen molar-refractivity contribution in [2.45, 2.75) is 39.2 Å². The molecule has 2 atom stereocenters. The van der Waals surface area contributed by atoms with Crippen LogP contribution >= 0.6 is 0 Å². The predicted octanol–water partition coefficient (Wildman–Crippen LogP) is 2.15. The molecule has 3 rings (SSSR count). The molecule has 1 aromatic rings. The Balaban J connectivity index is 1.80. The maximum Gasteiger partial charge on any atom is 0.313 e. The molecule has 8 nitrogen and oxygen atoms in total. The second-order valence-corrected chi connectivity index (χ2v) is 7.75. The summed E-state index contributed by atoms with van der Waals surface area (Å²) in [5.41, 5.74) is 14.4. The average molecular weight is 409 g/mol. The lowest BCUT2D eigenvalue weighted by molar-refractivity contribution is -0.145. The van der Waals surface area contributed by atoms with Gasteiger partial charge in [0.25, 0.3) is 0 Å². The molecular weight excluding hydrogens is 380 g/mol. The van der Waals surface area contributed by atoms with Gasteiger partial charge in [-0.05, 0) is 48.5 Å². The molecule has 1 aliphatic carbocycles. The van der Waals surface area contributed by atoms with Crippen molar-refractivity contribution in [1.29, 1.82) is 5.41 Å². The van der Waals surface area contributed by atoms with E-state index in [1.165, 1.54) is 12.4 Å². The zero-order valence-corrected chi connectivity index (χ0v) is 17.3. The molecular formula is C22H28N6O2. The Morgan fingerprint density at radius 3 is 2.80 bits per heavy atom. The van der Waals surface area contributed by atoms with Gasteiger partial charge in [-0.3, -0.25) is 9.59 Å². The van der Waals surface area contributed by atoms with Gasteiger partial charge in [0.2, 0.25) is 0 Å². The number of anilines is 2. The lowest BCUT2D eigenvalue weighted by atomic mass is 9.86. The summed E-state index contributed by atoms with van der Waals surface area (Å²) < 4.78 is 0. The van der Waals surface area contributed by atoms with E-state index >= 15 is 0 Å². The molecule has 0 radical (unpaired) electrons. The van der Waals surface area contributed by atoms with Crippen LogP contribution in [0.1, 0.15) is 32.3 Å². The summed E-state index contributed by atoms with van der Waals surface area (Å²) in [6, 6.07) is 1.48. The average Bonchev–Trinajstić information content (AvgIpc) is 2.74. The van der Waals surface area contributed by atoms with E-state index in [9.17, 15) is 9.59 Å². The number of likely N-dealkylation sites (tertiary alicyclic amines) is 1. The van der Waals surface area contributed by atoms with Gasteiger partial charge in [0.05, 0.1) is 23.6 Å². The lowest BCUT2D eigenvalue weighted by Gasteiger charge is -2.39. The molecule has 0 bridgehead atoms. The molecule has 0 saturated carbocycles. The number of nitrogens with one attached hydrogen (secondary N) is 2. The number of amides is 2. The van der Waals surface area contributed by atoms with E-state index in [1.807, 2.05) is 13.0 Å². The van der Waals surface area contributed by atoms with Crippen molar-refractivity contribution < 1.29 is 9.59 Å². The van der Waals surface area contributed by atoms with Crippen LogP contribution in [0.5, 0.6) is 0 Å². The van der Waals surface area contributed by atoms with Gasteiger partial charge in [0, 0.05) is 18.3 Å². The Kier molecular flexibility index (Phi) is 6.34. The zero-order valence-electron chi connectivity index (χ0n) is 17.3. The highest BCUT2D eigenvalue weighted by Gasteiger charge is 2.35. The Hall–Kier alpha value is -3.42. The highest BCUT2D eigenvalue weighted by atomic mass is 16.2. The Labute approximate surface area is 176 Å². The monoisotopic (exact) mass is 408 g/mol. The maximum atomic E-state index is 13.1. The summed E-state index contributed by atoms with van der Waals surface area (Å²) in [5.74, 6) is -0.603. The van der Waals surface area contributed by atoms with Gasteiger partial charge in [-0.1, -0.05) is 26.0 Å². The number of rotatable bonds is 3. The number of aryl methyl sites for hydroxylation is 1. The van der Waals surface area contributed by atoms with Crippen molar-refractivity contribution in [3.05, 3.63) is 53.4 Å². The molecule has 30 heavy (non-hydrogen) atoms. The van der Waals surface area contributed by atoms with E-state index in [2.05, 4.69) is 17.2 Å². The summed E-state index contributed by atoms with van der Waals surface area (Å²) in [7, 11) is 0. The maximum absolute atomic E-state index is 13.1. The molecule has 1 fully saturated rings. The number of hydrogen-bond donors (Lipinski definition) is 4. The first kappa shape index (κ1) is 21.3. The number of allylic oxidation sites excluding steroid dienone is 3. The molecule has 8 heteroatoms. The Morgan fingerprint density at radius 2 is 2.13 bits per heavy atom. The quantitative estimate of drug-likeness (QED) is 0.568. The third kappa shape index (κ3) is 4.42. The van der Waals surface area contributed by atoms with E-state index in [0.717, 1.165) is 24.0 Å². The summed E-state index contributed by atoms with van der Waals surface area (Å²) in [6.45, 7) is 4.49. The minimum Gasteiger partial charge on any atom is -0.404 e. The number of nitrogens with zero attached hydrogens (tertiary/aromatic N) is 2. The fourth-order valence-corrected chi connectivity index (χ4v) is 3.84. The number of pyridine rings is 1. The minimum absolute atomic E-state index is 0.258. The Bertz CT molecular complexity index is 962. The minimum atomic E-state index is -0.708. The standard InChI is InChI=1S/C22H28N6O2/c1-3-14-8-17(11-26-20(14)25)27-21(29)22(30)28-12-13(2)4-7-19(28)15-5-6-16(10-23)18(24)9-15/h5-6,8-11,13,19,24H,3-4,7,12,23H2,1-2H3,(H2,25,26)(H,27,29)/b16-10-,24-18?/t13-,19+/m0/s1.